The number of carboxylic acids is 1. The molecule has 1 rings (SSSR count). The van der Waals surface area contributed by atoms with Gasteiger partial charge in [0.05, 0.1) is 4.92 Å². The molecule has 0 aliphatic heterocycles. The minimum absolute atomic E-state index is 0.0717. The van der Waals surface area contributed by atoms with Gasteiger partial charge in [-0.2, -0.15) is 9.11 Å². The summed E-state index contributed by atoms with van der Waals surface area (Å²) < 4.78 is 39.0. The fourth-order valence-electron chi connectivity index (χ4n) is 1.45. The second-order valence-electron chi connectivity index (χ2n) is 3.76. The molecule has 0 saturated carbocycles. The number of benzene rings is 1. The predicted octanol–water partition coefficient (Wildman–Crippen LogP) is 0.875. The third-order valence-electron chi connectivity index (χ3n) is 2.43. The van der Waals surface area contributed by atoms with Crippen LogP contribution in [0.25, 0.3) is 0 Å². The first-order chi connectivity index (χ1) is 9.20. The van der Waals surface area contributed by atoms with Gasteiger partial charge in [0.2, 0.25) is 15.8 Å². The lowest BCUT2D eigenvalue weighted by molar-refractivity contribution is -0.390. The van der Waals surface area contributed by atoms with Crippen LogP contribution in [0.3, 0.4) is 0 Å². The van der Waals surface area contributed by atoms with Crippen LogP contribution in [-0.2, 0) is 14.8 Å². The second kappa shape index (κ2) is 5.92. The molecule has 0 aliphatic carbocycles. The SMILES string of the molecule is CC[C@@H](NS(=O)(=O)c1cccc(F)c1[N+](=O)[O-])C(=O)O. The fourth-order valence-corrected chi connectivity index (χ4v) is 2.90. The maximum atomic E-state index is 13.4. The van der Waals surface area contributed by atoms with E-state index in [2.05, 4.69) is 0 Å². The van der Waals surface area contributed by atoms with E-state index in [4.69, 9.17) is 5.11 Å². The molecule has 0 aromatic heterocycles. The summed E-state index contributed by atoms with van der Waals surface area (Å²) in [5, 5.41) is 19.5. The number of hydrogen-bond acceptors (Lipinski definition) is 5. The fraction of sp³-hybridized carbons (Fsp3) is 0.300. The Hall–Kier alpha value is -2.07. The number of nitrogens with zero attached hydrogens (tertiary/aromatic N) is 1. The van der Waals surface area contributed by atoms with E-state index in [1.165, 1.54) is 6.92 Å². The summed E-state index contributed by atoms with van der Waals surface area (Å²) in [6, 6.07) is 1.10. The zero-order valence-electron chi connectivity index (χ0n) is 10.2. The number of nitro groups is 1. The standard InChI is InChI=1S/C10H11FN2O6S/c1-2-7(10(14)15)12-20(18,19)8-5-3-4-6(11)9(8)13(16)17/h3-5,7,12H,2H2,1H3,(H,14,15)/t7-/m1/s1. The Morgan fingerprint density at radius 1 is 1.55 bits per heavy atom. The topological polar surface area (TPSA) is 127 Å². The molecule has 1 aromatic carbocycles. The normalized spacial score (nSPS) is 12.9. The van der Waals surface area contributed by atoms with E-state index >= 15 is 0 Å². The maximum absolute atomic E-state index is 13.4. The Balaban J connectivity index is 3.33. The summed E-state index contributed by atoms with van der Waals surface area (Å²) in [5.41, 5.74) is -1.22. The van der Waals surface area contributed by atoms with Crippen LogP contribution in [0.4, 0.5) is 10.1 Å². The van der Waals surface area contributed by atoms with Gasteiger partial charge >= 0.3 is 11.7 Å². The van der Waals surface area contributed by atoms with Crippen molar-refractivity contribution >= 4 is 21.7 Å². The van der Waals surface area contributed by atoms with Crippen LogP contribution in [-0.4, -0.2) is 30.5 Å². The first-order valence-electron chi connectivity index (χ1n) is 5.38. The summed E-state index contributed by atoms with van der Waals surface area (Å²) in [6.45, 7) is 1.42. The number of rotatable bonds is 6. The molecule has 1 atom stereocenters. The summed E-state index contributed by atoms with van der Waals surface area (Å²) in [5.74, 6) is -2.75. The van der Waals surface area contributed by atoms with Gasteiger partial charge in [0.15, 0.2) is 4.90 Å². The summed E-state index contributed by atoms with van der Waals surface area (Å²) >= 11 is 0. The van der Waals surface area contributed by atoms with E-state index in [-0.39, 0.29) is 6.42 Å². The first kappa shape index (κ1) is 16.0. The Morgan fingerprint density at radius 2 is 2.15 bits per heavy atom. The van der Waals surface area contributed by atoms with E-state index in [1.807, 2.05) is 0 Å². The lowest BCUT2D eigenvalue weighted by Crippen LogP contribution is -2.40. The van der Waals surface area contributed by atoms with Crippen molar-refractivity contribution in [1.29, 1.82) is 0 Å². The highest BCUT2D eigenvalue weighted by Crippen LogP contribution is 2.26. The molecule has 10 heteroatoms. The van der Waals surface area contributed by atoms with Gasteiger partial charge in [-0.1, -0.05) is 13.0 Å². The van der Waals surface area contributed by atoms with Crippen LogP contribution >= 0.6 is 0 Å². The van der Waals surface area contributed by atoms with Crippen LogP contribution < -0.4 is 4.72 Å². The van der Waals surface area contributed by atoms with Crippen LogP contribution in [0.1, 0.15) is 13.3 Å². The van der Waals surface area contributed by atoms with Gasteiger partial charge < -0.3 is 5.11 Å². The number of nitrogens with one attached hydrogen (secondary N) is 1. The summed E-state index contributed by atoms with van der Waals surface area (Å²) in [6.07, 6.45) is -0.0717. The Morgan fingerprint density at radius 3 is 2.60 bits per heavy atom. The zero-order valence-corrected chi connectivity index (χ0v) is 11.1. The quantitative estimate of drug-likeness (QED) is 0.593. The smallest absolute Gasteiger partial charge is 0.324 e. The minimum atomic E-state index is -4.53. The average Bonchev–Trinajstić information content (AvgIpc) is 2.34. The lowest BCUT2D eigenvalue weighted by atomic mass is 10.2. The molecule has 1 aromatic rings. The summed E-state index contributed by atoms with van der Waals surface area (Å²) in [7, 11) is -4.53. The summed E-state index contributed by atoms with van der Waals surface area (Å²) in [4.78, 5) is 19.4. The number of nitro benzene ring substituents is 1. The van der Waals surface area contributed by atoms with Crippen molar-refractivity contribution in [3.8, 4) is 0 Å². The molecule has 0 saturated heterocycles. The van der Waals surface area contributed by atoms with Crippen molar-refractivity contribution in [2.75, 3.05) is 0 Å². The molecule has 0 bridgehead atoms. The van der Waals surface area contributed by atoms with E-state index in [0.29, 0.717) is 0 Å². The molecule has 0 heterocycles. The molecule has 8 nitrogen and oxygen atoms in total. The molecule has 0 spiro atoms. The first-order valence-corrected chi connectivity index (χ1v) is 6.87. The van der Waals surface area contributed by atoms with Gasteiger partial charge in [0.25, 0.3) is 0 Å². The number of carbonyl (C=O) groups is 1. The largest absolute Gasteiger partial charge is 0.480 e. The maximum Gasteiger partial charge on any atom is 0.324 e. The van der Waals surface area contributed by atoms with Gasteiger partial charge in [-0.25, -0.2) is 8.42 Å². The molecule has 0 amide bonds. The lowest BCUT2D eigenvalue weighted by Gasteiger charge is -2.12. The highest BCUT2D eigenvalue weighted by molar-refractivity contribution is 7.89. The van der Waals surface area contributed by atoms with Gasteiger partial charge in [-0.15, -0.1) is 0 Å². The minimum Gasteiger partial charge on any atom is -0.480 e. The number of aliphatic carboxylic acids is 1. The van der Waals surface area contributed by atoms with Crippen molar-refractivity contribution in [2.24, 2.45) is 0 Å². The van der Waals surface area contributed by atoms with Gasteiger partial charge in [0.1, 0.15) is 6.04 Å². The molecule has 0 fully saturated rings. The van der Waals surface area contributed by atoms with Crippen molar-refractivity contribution in [1.82, 2.24) is 4.72 Å². The Bertz CT molecular complexity index is 645. The number of hydrogen-bond donors (Lipinski definition) is 2. The Kier molecular flexibility index (Phi) is 4.73. The third kappa shape index (κ3) is 3.27. The molecule has 0 radical (unpaired) electrons. The zero-order chi connectivity index (χ0) is 15.5. The molecule has 20 heavy (non-hydrogen) atoms. The predicted molar refractivity (Wildman–Crippen MR) is 65.1 cm³/mol. The van der Waals surface area contributed by atoms with E-state index < -0.39 is 43.4 Å². The van der Waals surface area contributed by atoms with Gasteiger partial charge in [0, 0.05) is 0 Å². The highest BCUT2D eigenvalue weighted by Gasteiger charge is 2.32. The average molecular weight is 306 g/mol. The van der Waals surface area contributed by atoms with Crippen molar-refractivity contribution < 1.29 is 27.6 Å². The van der Waals surface area contributed by atoms with E-state index in [1.54, 1.807) is 4.72 Å². The van der Waals surface area contributed by atoms with Gasteiger partial charge in [-0.3, -0.25) is 14.9 Å². The molecular formula is C10H11FN2O6S. The van der Waals surface area contributed by atoms with E-state index in [0.717, 1.165) is 18.2 Å². The van der Waals surface area contributed by atoms with Crippen molar-refractivity contribution in [3.63, 3.8) is 0 Å². The molecule has 0 aliphatic rings. The van der Waals surface area contributed by atoms with E-state index in [9.17, 15) is 27.7 Å². The van der Waals surface area contributed by atoms with Crippen molar-refractivity contribution in [3.05, 3.63) is 34.1 Å². The van der Waals surface area contributed by atoms with Crippen LogP contribution in [0, 0.1) is 15.9 Å². The molecule has 0 unspecified atom stereocenters. The third-order valence-corrected chi connectivity index (χ3v) is 3.93. The molecule has 110 valence electrons. The van der Waals surface area contributed by atoms with Gasteiger partial charge in [-0.05, 0) is 18.6 Å². The molecule has 2 N–H and O–H groups in total. The monoisotopic (exact) mass is 306 g/mol. The number of para-hydroxylation sites is 1. The van der Waals surface area contributed by atoms with Crippen molar-refractivity contribution in [2.45, 2.75) is 24.3 Å². The highest BCUT2D eigenvalue weighted by atomic mass is 32.2. The number of halogens is 1. The van der Waals surface area contributed by atoms with Crippen LogP contribution in [0.2, 0.25) is 0 Å². The number of sulfonamides is 1. The van der Waals surface area contributed by atoms with Crippen LogP contribution in [0.15, 0.2) is 23.1 Å². The Labute approximate surface area is 113 Å². The second-order valence-corrected chi connectivity index (χ2v) is 5.45. The number of carboxylic acid groups (broad SMARTS) is 1. The molecular weight excluding hydrogens is 295 g/mol. The van der Waals surface area contributed by atoms with Crippen LogP contribution in [0.5, 0.6) is 0 Å².